The van der Waals surface area contributed by atoms with Crippen LogP contribution in [0, 0.1) is 0 Å². The van der Waals surface area contributed by atoms with Gasteiger partial charge in [-0.05, 0) is 13.3 Å². The van der Waals surface area contributed by atoms with Gasteiger partial charge in [0.2, 0.25) is 5.75 Å². The lowest BCUT2D eigenvalue weighted by Crippen LogP contribution is -2.25. The van der Waals surface area contributed by atoms with Crippen LogP contribution in [-0.4, -0.2) is 30.2 Å². The Bertz CT molecular complexity index is 330. The predicted octanol–water partition coefficient (Wildman–Crippen LogP) is 1.69. The molecule has 16 heavy (non-hydrogen) atoms. The number of nitrogens with two attached hydrogens (primary N) is 1. The maximum Gasteiger partial charge on any atom is 0.204 e. The minimum Gasteiger partial charge on any atom is -0.490 e. The van der Waals surface area contributed by atoms with Crippen LogP contribution in [0.2, 0.25) is 0 Å². The van der Waals surface area contributed by atoms with E-state index in [2.05, 4.69) is 28.7 Å². The van der Waals surface area contributed by atoms with Gasteiger partial charge in [0.05, 0.1) is 7.11 Å². The molecule has 1 aromatic rings. The molecular weight excluding hydrogens is 204 g/mol. The summed E-state index contributed by atoms with van der Waals surface area (Å²) < 4.78 is 5.25. The summed E-state index contributed by atoms with van der Waals surface area (Å²) >= 11 is 0. The molecule has 2 N–H and O–H groups in total. The number of unbranched alkanes of at least 4 members (excludes halogenated alkanes) is 1. The number of methoxy groups -OCH3 is 1. The van der Waals surface area contributed by atoms with Crippen molar-refractivity contribution in [1.29, 1.82) is 0 Å². The van der Waals surface area contributed by atoms with E-state index >= 15 is 0 Å². The molecule has 0 aliphatic carbocycles. The Hall–Kier alpha value is -1.52. The number of hydrogen-bond acceptors (Lipinski definition) is 5. The van der Waals surface area contributed by atoms with Gasteiger partial charge in [-0.2, -0.15) is 0 Å². The highest BCUT2D eigenvalue weighted by atomic mass is 16.5. The number of anilines is 2. The molecule has 0 aliphatic heterocycles. The van der Waals surface area contributed by atoms with E-state index in [1.54, 1.807) is 7.11 Å². The molecule has 90 valence electrons. The average molecular weight is 224 g/mol. The first-order valence-corrected chi connectivity index (χ1v) is 5.63. The quantitative estimate of drug-likeness (QED) is 0.796. The van der Waals surface area contributed by atoms with Crippen molar-refractivity contribution in [3.05, 3.63) is 6.33 Å². The van der Waals surface area contributed by atoms with Gasteiger partial charge in [0.25, 0.3) is 0 Å². The molecule has 0 radical (unpaired) electrons. The van der Waals surface area contributed by atoms with E-state index in [1.807, 2.05) is 0 Å². The molecule has 0 fully saturated rings. The average Bonchev–Trinajstić information content (AvgIpc) is 2.30. The first kappa shape index (κ1) is 12.5. The molecule has 0 saturated carbocycles. The largest absolute Gasteiger partial charge is 0.490 e. The standard InChI is InChI=1S/C11H20N4O/c1-4-6-7-15(5-2)11-9(16-3)10(12)13-8-14-11/h8H,4-7H2,1-3H3,(H2,12,13,14). The second kappa shape index (κ2) is 6.15. The topological polar surface area (TPSA) is 64.3 Å². The van der Waals surface area contributed by atoms with Crippen molar-refractivity contribution in [2.75, 3.05) is 30.8 Å². The van der Waals surface area contributed by atoms with Gasteiger partial charge >= 0.3 is 0 Å². The molecule has 0 amide bonds. The number of hydrogen-bond donors (Lipinski definition) is 1. The Morgan fingerprint density at radius 2 is 2.12 bits per heavy atom. The Morgan fingerprint density at radius 1 is 1.38 bits per heavy atom. The van der Waals surface area contributed by atoms with Gasteiger partial charge in [-0.1, -0.05) is 13.3 Å². The molecule has 0 aliphatic rings. The second-order valence-electron chi connectivity index (χ2n) is 3.55. The third kappa shape index (κ3) is 2.74. The van der Waals surface area contributed by atoms with E-state index in [1.165, 1.54) is 6.33 Å². The van der Waals surface area contributed by atoms with Crippen LogP contribution in [0.1, 0.15) is 26.7 Å². The molecular formula is C11H20N4O. The number of ether oxygens (including phenoxy) is 1. The van der Waals surface area contributed by atoms with Crippen molar-refractivity contribution in [2.24, 2.45) is 0 Å². The van der Waals surface area contributed by atoms with Crippen LogP contribution in [0.5, 0.6) is 5.75 Å². The maximum atomic E-state index is 5.75. The molecule has 0 spiro atoms. The van der Waals surface area contributed by atoms with Crippen LogP contribution in [0.4, 0.5) is 11.6 Å². The molecule has 0 bridgehead atoms. The van der Waals surface area contributed by atoms with Crippen LogP contribution >= 0.6 is 0 Å². The molecule has 1 heterocycles. The summed E-state index contributed by atoms with van der Waals surface area (Å²) in [7, 11) is 1.59. The van der Waals surface area contributed by atoms with E-state index in [0.29, 0.717) is 11.6 Å². The third-order valence-electron chi connectivity index (χ3n) is 2.48. The maximum absolute atomic E-state index is 5.75. The lowest BCUT2D eigenvalue weighted by molar-refractivity contribution is 0.412. The molecule has 1 rings (SSSR count). The number of aromatic nitrogens is 2. The smallest absolute Gasteiger partial charge is 0.204 e. The number of rotatable bonds is 6. The van der Waals surface area contributed by atoms with Crippen LogP contribution in [0.15, 0.2) is 6.33 Å². The van der Waals surface area contributed by atoms with Gasteiger partial charge in [-0.15, -0.1) is 0 Å². The van der Waals surface area contributed by atoms with Crippen molar-refractivity contribution < 1.29 is 4.74 Å². The minimum atomic E-state index is 0.391. The molecule has 0 saturated heterocycles. The summed E-state index contributed by atoms with van der Waals surface area (Å²) in [6, 6.07) is 0. The van der Waals surface area contributed by atoms with Crippen molar-refractivity contribution in [2.45, 2.75) is 26.7 Å². The summed E-state index contributed by atoms with van der Waals surface area (Å²) in [5, 5.41) is 0. The first-order chi connectivity index (χ1) is 7.74. The van der Waals surface area contributed by atoms with Crippen LogP contribution in [0.25, 0.3) is 0 Å². The lowest BCUT2D eigenvalue weighted by atomic mass is 10.3. The zero-order chi connectivity index (χ0) is 12.0. The SMILES string of the molecule is CCCCN(CC)c1ncnc(N)c1OC. The Morgan fingerprint density at radius 3 is 2.69 bits per heavy atom. The lowest BCUT2D eigenvalue weighted by Gasteiger charge is -2.23. The monoisotopic (exact) mass is 224 g/mol. The van der Waals surface area contributed by atoms with E-state index in [-0.39, 0.29) is 0 Å². The van der Waals surface area contributed by atoms with Gasteiger partial charge < -0.3 is 15.4 Å². The Labute approximate surface area is 96.6 Å². The molecule has 0 aromatic carbocycles. The fraction of sp³-hybridized carbons (Fsp3) is 0.636. The molecule has 0 atom stereocenters. The highest BCUT2D eigenvalue weighted by Gasteiger charge is 2.14. The normalized spacial score (nSPS) is 10.2. The Balaban J connectivity index is 2.94. The molecule has 5 nitrogen and oxygen atoms in total. The van der Waals surface area contributed by atoms with Crippen LogP contribution < -0.4 is 15.4 Å². The number of nitrogen functional groups attached to an aromatic ring is 1. The summed E-state index contributed by atoms with van der Waals surface area (Å²) in [5.74, 6) is 1.74. The summed E-state index contributed by atoms with van der Waals surface area (Å²) in [6.07, 6.45) is 3.75. The van der Waals surface area contributed by atoms with E-state index in [9.17, 15) is 0 Å². The second-order valence-corrected chi connectivity index (χ2v) is 3.55. The van der Waals surface area contributed by atoms with Crippen LogP contribution in [-0.2, 0) is 0 Å². The number of nitrogens with zero attached hydrogens (tertiary/aromatic N) is 3. The van der Waals surface area contributed by atoms with Crippen LogP contribution in [0.3, 0.4) is 0 Å². The van der Waals surface area contributed by atoms with Gasteiger partial charge in [-0.3, -0.25) is 0 Å². The fourth-order valence-corrected chi connectivity index (χ4v) is 1.56. The molecule has 1 aromatic heterocycles. The van der Waals surface area contributed by atoms with Crippen molar-refractivity contribution >= 4 is 11.6 Å². The predicted molar refractivity (Wildman–Crippen MR) is 65.8 cm³/mol. The highest BCUT2D eigenvalue weighted by Crippen LogP contribution is 2.29. The summed E-state index contributed by atoms with van der Waals surface area (Å²) in [5.41, 5.74) is 5.75. The van der Waals surface area contributed by atoms with E-state index in [0.717, 1.165) is 31.7 Å². The highest BCUT2D eigenvalue weighted by molar-refractivity contribution is 5.62. The Kier molecular flexibility index (Phi) is 4.82. The molecule has 0 unspecified atom stereocenters. The van der Waals surface area contributed by atoms with Crippen molar-refractivity contribution in [3.63, 3.8) is 0 Å². The summed E-state index contributed by atoms with van der Waals surface area (Å²) in [4.78, 5) is 10.3. The third-order valence-corrected chi connectivity index (χ3v) is 2.48. The van der Waals surface area contributed by atoms with Crippen molar-refractivity contribution in [1.82, 2.24) is 9.97 Å². The van der Waals surface area contributed by atoms with Gasteiger partial charge in [0, 0.05) is 13.1 Å². The van der Waals surface area contributed by atoms with Gasteiger partial charge in [0.15, 0.2) is 11.6 Å². The van der Waals surface area contributed by atoms with E-state index in [4.69, 9.17) is 10.5 Å². The molecule has 5 heteroatoms. The zero-order valence-electron chi connectivity index (χ0n) is 10.2. The fourth-order valence-electron chi connectivity index (χ4n) is 1.56. The zero-order valence-corrected chi connectivity index (χ0v) is 10.2. The summed E-state index contributed by atoms with van der Waals surface area (Å²) in [6.45, 7) is 6.10. The minimum absolute atomic E-state index is 0.391. The van der Waals surface area contributed by atoms with Gasteiger partial charge in [-0.25, -0.2) is 9.97 Å². The van der Waals surface area contributed by atoms with Crippen molar-refractivity contribution in [3.8, 4) is 5.75 Å². The first-order valence-electron chi connectivity index (χ1n) is 5.63. The van der Waals surface area contributed by atoms with E-state index < -0.39 is 0 Å². The van der Waals surface area contributed by atoms with Gasteiger partial charge in [0.1, 0.15) is 6.33 Å².